The van der Waals surface area contributed by atoms with Crippen molar-refractivity contribution in [2.45, 2.75) is 13.1 Å². The predicted octanol–water partition coefficient (Wildman–Crippen LogP) is 3.09. The Morgan fingerprint density at radius 3 is 2.34 bits per heavy atom. The summed E-state index contributed by atoms with van der Waals surface area (Å²) in [5, 5.41) is 2.62. The van der Waals surface area contributed by atoms with E-state index in [9.17, 15) is 22.8 Å². The molecule has 0 unspecified atom stereocenters. The van der Waals surface area contributed by atoms with Gasteiger partial charge in [0.15, 0.2) is 0 Å². The molecule has 0 saturated carbocycles. The van der Waals surface area contributed by atoms with E-state index in [1.165, 1.54) is 6.07 Å². The van der Waals surface area contributed by atoms with Gasteiger partial charge in [0.2, 0.25) is 5.91 Å². The number of piperazine rings is 1. The fourth-order valence-electron chi connectivity index (χ4n) is 3.25. The van der Waals surface area contributed by atoms with E-state index in [-0.39, 0.29) is 18.4 Å². The monoisotopic (exact) mass is 405 g/mol. The number of benzene rings is 2. The summed E-state index contributed by atoms with van der Waals surface area (Å²) < 4.78 is 38.7. The molecule has 2 aromatic rings. The van der Waals surface area contributed by atoms with Crippen LogP contribution in [0.15, 0.2) is 48.5 Å². The lowest BCUT2D eigenvalue weighted by Crippen LogP contribution is -2.51. The van der Waals surface area contributed by atoms with E-state index in [0.717, 1.165) is 17.7 Å². The molecule has 5 nitrogen and oxygen atoms in total. The molecule has 1 saturated heterocycles. The van der Waals surface area contributed by atoms with Gasteiger partial charge in [0.25, 0.3) is 5.91 Å². The third-order valence-electron chi connectivity index (χ3n) is 4.85. The van der Waals surface area contributed by atoms with Crippen molar-refractivity contribution in [1.82, 2.24) is 10.2 Å². The van der Waals surface area contributed by atoms with Gasteiger partial charge in [0.1, 0.15) is 0 Å². The van der Waals surface area contributed by atoms with Crippen LogP contribution in [-0.4, -0.2) is 49.4 Å². The molecular weight excluding hydrogens is 383 g/mol. The van der Waals surface area contributed by atoms with Gasteiger partial charge in [0, 0.05) is 37.4 Å². The normalized spacial score (nSPS) is 14.6. The highest BCUT2D eigenvalue weighted by Crippen LogP contribution is 2.31. The first-order valence-corrected chi connectivity index (χ1v) is 9.29. The number of nitrogens with zero attached hydrogens (tertiary/aromatic N) is 2. The fraction of sp³-hybridized carbons (Fsp3) is 0.333. The van der Waals surface area contributed by atoms with Gasteiger partial charge >= 0.3 is 6.18 Å². The van der Waals surface area contributed by atoms with Crippen molar-refractivity contribution >= 4 is 17.5 Å². The van der Waals surface area contributed by atoms with Gasteiger partial charge < -0.3 is 15.1 Å². The lowest BCUT2D eigenvalue weighted by atomic mass is 10.1. The lowest BCUT2D eigenvalue weighted by molar-refractivity contribution is -0.137. The largest absolute Gasteiger partial charge is 0.416 e. The molecule has 0 aliphatic carbocycles. The van der Waals surface area contributed by atoms with Gasteiger partial charge in [0.05, 0.1) is 12.1 Å². The zero-order valence-corrected chi connectivity index (χ0v) is 16.0. The number of anilines is 1. The minimum atomic E-state index is -4.39. The van der Waals surface area contributed by atoms with Crippen molar-refractivity contribution in [3.8, 4) is 0 Å². The topological polar surface area (TPSA) is 52.7 Å². The number of hydrogen-bond acceptors (Lipinski definition) is 3. The van der Waals surface area contributed by atoms with Gasteiger partial charge in [-0.1, -0.05) is 23.8 Å². The van der Waals surface area contributed by atoms with Crippen LogP contribution in [0.2, 0.25) is 0 Å². The molecular formula is C21H22F3N3O2. The molecule has 0 aromatic heterocycles. The van der Waals surface area contributed by atoms with Crippen LogP contribution < -0.4 is 10.2 Å². The molecule has 0 radical (unpaired) electrons. The summed E-state index contributed by atoms with van der Waals surface area (Å²) in [4.78, 5) is 28.0. The first-order chi connectivity index (χ1) is 13.7. The average Bonchev–Trinajstić information content (AvgIpc) is 2.71. The van der Waals surface area contributed by atoms with Crippen molar-refractivity contribution in [1.29, 1.82) is 0 Å². The number of rotatable bonds is 4. The van der Waals surface area contributed by atoms with Crippen LogP contribution in [0.4, 0.5) is 18.9 Å². The number of hydrogen-bond donors (Lipinski definition) is 1. The highest BCUT2D eigenvalue weighted by atomic mass is 19.4. The molecule has 1 N–H and O–H groups in total. The smallest absolute Gasteiger partial charge is 0.368 e. The lowest BCUT2D eigenvalue weighted by Gasteiger charge is -2.36. The third kappa shape index (κ3) is 5.28. The highest BCUT2D eigenvalue weighted by molar-refractivity contribution is 5.96. The maximum absolute atomic E-state index is 12.9. The van der Waals surface area contributed by atoms with Crippen molar-refractivity contribution in [2.24, 2.45) is 0 Å². The number of alkyl halides is 3. The molecule has 1 aliphatic rings. The quantitative estimate of drug-likeness (QED) is 0.851. The molecule has 29 heavy (non-hydrogen) atoms. The summed E-state index contributed by atoms with van der Waals surface area (Å²) in [7, 11) is 0. The predicted molar refractivity (Wildman–Crippen MR) is 104 cm³/mol. The molecule has 0 bridgehead atoms. The van der Waals surface area contributed by atoms with Crippen LogP contribution in [0.1, 0.15) is 21.5 Å². The summed E-state index contributed by atoms with van der Waals surface area (Å²) in [5.41, 5.74) is 1.24. The Balaban J connectivity index is 1.51. The summed E-state index contributed by atoms with van der Waals surface area (Å²) >= 11 is 0. The Hall–Kier alpha value is -3.03. The van der Waals surface area contributed by atoms with E-state index >= 15 is 0 Å². The maximum Gasteiger partial charge on any atom is 0.416 e. The minimum Gasteiger partial charge on any atom is -0.368 e. The number of carbonyl (C=O) groups is 2. The summed E-state index contributed by atoms with van der Waals surface area (Å²) in [6.07, 6.45) is -4.39. The second-order valence-corrected chi connectivity index (χ2v) is 6.97. The second kappa shape index (κ2) is 8.55. The van der Waals surface area contributed by atoms with E-state index < -0.39 is 11.7 Å². The van der Waals surface area contributed by atoms with Crippen molar-refractivity contribution in [3.05, 3.63) is 65.2 Å². The second-order valence-electron chi connectivity index (χ2n) is 6.97. The van der Waals surface area contributed by atoms with E-state index in [1.54, 1.807) is 29.2 Å². The Bertz CT molecular complexity index is 891. The Kier molecular flexibility index (Phi) is 6.10. The molecule has 1 heterocycles. The molecule has 2 aromatic carbocycles. The van der Waals surface area contributed by atoms with Gasteiger partial charge in [-0.15, -0.1) is 0 Å². The Morgan fingerprint density at radius 1 is 1.00 bits per heavy atom. The molecule has 154 valence electrons. The van der Waals surface area contributed by atoms with E-state index in [2.05, 4.69) is 5.32 Å². The van der Waals surface area contributed by atoms with Gasteiger partial charge in [-0.3, -0.25) is 9.59 Å². The SMILES string of the molecule is Cc1cccc(C(=O)NCC(=O)N2CCN(c3cccc(C(F)(F)F)c3)CC2)c1. The van der Waals surface area contributed by atoms with Crippen LogP contribution in [0.3, 0.4) is 0 Å². The number of carbonyl (C=O) groups excluding carboxylic acids is 2. The van der Waals surface area contributed by atoms with Crippen LogP contribution >= 0.6 is 0 Å². The van der Waals surface area contributed by atoms with Crippen LogP contribution in [0, 0.1) is 6.92 Å². The first kappa shape index (κ1) is 20.7. The van der Waals surface area contributed by atoms with Crippen LogP contribution in [0.25, 0.3) is 0 Å². The van der Waals surface area contributed by atoms with E-state index in [0.29, 0.717) is 37.4 Å². The highest BCUT2D eigenvalue weighted by Gasteiger charge is 2.31. The van der Waals surface area contributed by atoms with Gasteiger partial charge in [-0.05, 0) is 37.3 Å². The molecule has 0 spiro atoms. The summed E-state index contributed by atoms with van der Waals surface area (Å²) in [6.45, 7) is 3.39. The Labute approximate surface area is 167 Å². The molecule has 1 aliphatic heterocycles. The number of aryl methyl sites for hydroxylation is 1. The van der Waals surface area contributed by atoms with Gasteiger partial charge in [-0.25, -0.2) is 0 Å². The number of amides is 2. The zero-order valence-electron chi connectivity index (χ0n) is 16.0. The number of nitrogens with one attached hydrogen (secondary N) is 1. The first-order valence-electron chi connectivity index (χ1n) is 9.29. The van der Waals surface area contributed by atoms with Crippen molar-refractivity contribution in [2.75, 3.05) is 37.6 Å². The summed E-state index contributed by atoms with van der Waals surface area (Å²) in [6, 6.07) is 12.3. The minimum absolute atomic E-state index is 0.115. The number of halogens is 3. The third-order valence-corrected chi connectivity index (χ3v) is 4.85. The molecule has 2 amide bonds. The molecule has 3 rings (SSSR count). The fourth-order valence-corrected chi connectivity index (χ4v) is 3.25. The Morgan fingerprint density at radius 2 is 1.69 bits per heavy atom. The standard InChI is InChI=1S/C21H22F3N3O2/c1-15-4-2-5-16(12-15)20(29)25-14-19(28)27-10-8-26(9-11-27)18-7-3-6-17(13-18)21(22,23)24/h2-7,12-13H,8-11,14H2,1H3,(H,25,29). The van der Waals surface area contributed by atoms with Crippen molar-refractivity contribution < 1.29 is 22.8 Å². The molecule has 0 atom stereocenters. The van der Waals surface area contributed by atoms with Crippen molar-refractivity contribution in [3.63, 3.8) is 0 Å². The maximum atomic E-state index is 12.9. The van der Waals surface area contributed by atoms with E-state index in [4.69, 9.17) is 0 Å². The van der Waals surface area contributed by atoms with Crippen LogP contribution in [-0.2, 0) is 11.0 Å². The van der Waals surface area contributed by atoms with E-state index in [1.807, 2.05) is 17.9 Å². The zero-order chi connectivity index (χ0) is 21.0. The van der Waals surface area contributed by atoms with Crippen LogP contribution in [0.5, 0.6) is 0 Å². The van der Waals surface area contributed by atoms with Gasteiger partial charge in [-0.2, -0.15) is 13.2 Å². The molecule has 1 fully saturated rings. The summed E-state index contributed by atoms with van der Waals surface area (Å²) in [5.74, 6) is -0.528. The average molecular weight is 405 g/mol. The molecule has 8 heteroatoms.